The van der Waals surface area contributed by atoms with E-state index in [2.05, 4.69) is 10.2 Å². The van der Waals surface area contributed by atoms with Crippen LogP contribution < -0.4 is 18.9 Å². The fourth-order valence-corrected chi connectivity index (χ4v) is 3.19. The molecule has 0 aliphatic heterocycles. The maximum Gasteiger partial charge on any atom is 0.277 e. The monoisotopic (exact) mass is 388 g/mol. The standard InChI is InChI=1S/C19H20N2O5S/c1-22-14-5-6-17(25-4)13(9-14)11-27-19-21-20-18(26-19)12-7-15(23-2)10-16(8-12)24-3/h5-10H,11H2,1-4H3. The Balaban J connectivity index is 1.77. The molecule has 2 aromatic carbocycles. The quantitative estimate of drug-likeness (QED) is 0.535. The molecule has 1 aromatic heterocycles. The second-order valence-electron chi connectivity index (χ2n) is 5.44. The van der Waals surface area contributed by atoms with Crippen molar-refractivity contribution in [1.29, 1.82) is 0 Å². The van der Waals surface area contributed by atoms with E-state index >= 15 is 0 Å². The maximum absolute atomic E-state index is 5.78. The van der Waals surface area contributed by atoms with Crippen molar-refractivity contribution in [3.8, 4) is 34.5 Å². The Morgan fingerprint density at radius 2 is 1.52 bits per heavy atom. The Bertz CT molecular complexity index is 891. The smallest absolute Gasteiger partial charge is 0.277 e. The van der Waals surface area contributed by atoms with E-state index in [1.165, 1.54) is 11.8 Å². The van der Waals surface area contributed by atoms with Gasteiger partial charge in [0.1, 0.15) is 23.0 Å². The molecular weight excluding hydrogens is 368 g/mol. The van der Waals surface area contributed by atoms with E-state index in [-0.39, 0.29) is 0 Å². The summed E-state index contributed by atoms with van der Waals surface area (Å²) >= 11 is 1.42. The second-order valence-corrected chi connectivity index (χ2v) is 6.37. The van der Waals surface area contributed by atoms with E-state index in [0.717, 1.165) is 22.6 Å². The van der Waals surface area contributed by atoms with Crippen LogP contribution >= 0.6 is 11.8 Å². The molecule has 0 atom stereocenters. The van der Waals surface area contributed by atoms with Gasteiger partial charge in [0.05, 0.1) is 28.4 Å². The van der Waals surface area contributed by atoms with Crippen LogP contribution in [0.1, 0.15) is 5.56 Å². The third-order valence-corrected chi connectivity index (χ3v) is 4.71. The number of hydrogen-bond acceptors (Lipinski definition) is 8. The van der Waals surface area contributed by atoms with E-state index in [9.17, 15) is 0 Å². The molecule has 3 aromatic rings. The van der Waals surface area contributed by atoms with Crippen LogP contribution in [0, 0.1) is 0 Å². The number of thioether (sulfide) groups is 1. The molecule has 1 heterocycles. The van der Waals surface area contributed by atoms with E-state index < -0.39 is 0 Å². The summed E-state index contributed by atoms with van der Waals surface area (Å²) < 4.78 is 27.0. The molecule has 0 N–H and O–H groups in total. The van der Waals surface area contributed by atoms with Crippen LogP contribution in [-0.4, -0.2) is 38.6 Å². The summed E-state index contributed by atoms with van der Waals surface area (Å²) in [7, 11) is 6.45. The first-order chi connectivity index (χ1) is 13.2. The van der Waals surface area contributed by atoms with Crippen molar-refractivity contribution in [1.82, 2.24) is 10.2 Å². The lowest BCUT2D eigenvalue weighted by Crippen LogP contribution is -1.92. The molecule has 0 fully saturated rings. The van der Waals surface area contributed by atoms with Crippen molar-refractivity contribution in [2.45, 2.75) is 11.0 Å². The van der Waals surface area contributed by atoms with Gasteiger partial charge < -0.3 is 23.4 Å². The zero-order chi connectivity index (χ0) is 19.2. The van der Waals surface area contributed by atoms with Crippen LogP contribution in [0.4, 0.5) is 0 Å². The van der Waals surface area contributed by atoms with Crippen molar-refractivity contribution in [3.63, 3.8) is 0 Å². The normalized spacial score (nSPS) is 10.5. The van der Waals surface area contributed by atoms with E-state index in [4.69, 9.17) is 23.4 Å². The first-order valence-electron chi connectivity index (χ1n) is 8.07. The topological polar surface area (TPSA) is 75.8 Å². The molecule has 0 bridgehead atoms. The van der Waals surface area contributed by atoms with Gasteiger partial charge in [0.15, 0.2) is 0 Å². The van der Waals surface area contributed by atoms with Gasteiger partial charge in [-0.25, -0.2) is 0 Å². The highest BCUT2D eigenvalue weighted by atomic mass is 32.2. The SMILES string of the molecule is COc1cc(OC)cc(-c2nnc(SCc3cc(OC)ccc3OC)o2)c1. The van der Waals surface area contributed by atoms with Crippen LogP contribution in [0.3, 0.4) is 0 Å². The predicted molar refractivity (Wildman–Crippen MR) is 102 cm³/mol. The third kappa shape index (κ3) is 4.46. The summed E-state index contributed by atoms with van der Waals surface area (Å²) in [6.45, 7) is 0. The number of ether oxygens (including phenoxy) is 4. The van der Waals surface area contributed by atoms with E-state index in [0.29, 0.717) is 28.4 Å². The summed E-state index contributed by atoms with van der Waals surface area (Å²) in [6, 6.07) is 11.1. The molecule has 0 aliphatic carbocycles. The largest absolute Gasteiger partial charge is 0.497 e. The molecule has 0 radical (unpaired) electrons. The van der Waals surface area contributed by atoms with Gasteiger partial charge in [-0.2, -0.15) is 0 Å². The highest BCUT2D eigenvalue weighted by Gasteiger charge is 2.13. The van der Waals surface area contributed by atoms with Crippen molar-refractivity contribution in [2.75, 3.05) is 28.4 Å². The van der Waals surface area contributed by atoms with Gasteiger partial charge in [-0.3, -0.25) is 0 Å². The van der Waals surface area contributed by atoms with Gasteiger partial charge in [-0.15, -0.1) is 10.2 Å². The van der Waals surface area contributed by atoms with Crippen LogP contribution in [0.5, 0.6) is 23.0 Å². The first-order valence-corrected chi connectivity index (χ1v) is 9.06. The minimum Gasteiger partial charge on any atom is -0.497 e. The zero-order valence-electron chi connectivity index (χ0n) is 15.5. The molecule has 0 amide bonds. The molecule has 7 nitrogen and oxygen atoms in total. The van der Waals surface area contributed by atoms with Crippen molar-refractivity contribution >= 4 is 11.8 Å². The molecule has 0 unspecified atom stereocenters. The van der Waals surface area contributed by atoms with Crippen molar-refractivity contribution in [3.05, 3.63) is 42.0 Å². The molecule has 8 heteroatoms. The lowest BCUT2D eigenvalue weighted by atomic mass is 10.2. The predicted octanol–water partition coefficient (Wildman–Crippen LogP) is 4.06. The summed E-state index contributed by atoms with van der Waals surface area (Å²) in [4.78, 5) is 0. The first kappa shape index (κ1) is 18.9. The van der Waals surface area contributed by atoms with Crippen molar-refractivity contribution < 1.29 is 23.4 Å². The van der Waals surface area contributed by atoms with Gasteiger partial charge in [0.2, 0.25) is 5.89 Å². The Morgan fingerprint density at radius 3 is 2.15 bits per heavy atom. The number of hydrogen-bond donors (Lipinski definition) is 0. The number of aromatic nitrogens is 2. The Morgan fingerprint density at radius 1 is 0.815 bits per heavy atom. The summed E-state index contributed by atoms with van der Waals surface area (Å²) in [5.74, 6) is 3.84. The minimum atomic E-state index is 0.396. The average Bonchev–Trinajstić information content (AvgIpc) is 3.20. The Kier molecular flexibility index (Phi) is 6.08. The lowest BCUT2D eigenvalue weighted by molar-refractivity contribution is 0.394. The van der Waals surface area contributed by atoms with E-state index in [1.807, 2.05) is 30.3 Å². The van der Waals surface area contributed by atoms with Crippen LogP contribution in [0.2, 0.25) is 0 Å². The van der Waals surface area contributed by atoms with Gasteiger partial charge in [-0.1, -0.05) is 11.8 Å². The molecule has 0 saturated heterocycles. The van der Waals surface area contributed by atoms with Gasteiger partial charge in [-0.05, 0) is 30.3 Å². The molecule has 27 heavy (non-hydrogen) atoms. The Hall–Kier alpha value is -2.87. The number of benzene rings is 2. The molecule has 142 valence electrons. The number of methoxy groups -OCH3 is 4. The van der Waals surface area contributed by atoms with Crippen LogP contribution in [0.15, 0.2) is 46.0 Å². The fraction of sp³-hybridized carbons (Fsp3) is 0.263. The average molecular weight is 388 g/mol. The highest BCUT2D eigenvalue weighted by molar-refractivity contribution is 7.98. The molecule has 3 rings (SSSR count). The van der Waals surface area contributed by atoms with Crippen LogP contribution in [-0.2, 0) is 5.75 Å². The van der Waals surface area contributed by atoms with E-state index in [1.54, 1.807) is 34.5 Å². The third-order valence-electron chi connectivity index (χ3n) is 3.84. The zero-order valence-corrected chi connectivity index (χ0v) is 16.3. The summed E-state index contributed by atoms with van der Waals surface area (Å²) in [5.41, 5.74) is 1.70. The maximum atomic E-state index is 5.78. The van der Waals surface area contributed by atoms with Gasteiger partial charge >= 0.3 is 0 Å². The number of rotatable bonds is 8. The van der Waals surface area contributed by atoms with Gasteiger partial charge in [0.25, 0.3) is 5.22 Å². The van der Waals surface area contributed by atoms with Gasteiger partial charge in [0, 0.05) is 22.9 Å². The summed E-state index contributed by atoms with van der Waals surface area (Å²) in [6.07, 6.45) is 0. The molecule has 0 saturated carbocycles. The molecular formula is C19H20N2O5S. The fourth-order valence-electron chi connectivity index (χ4n) is 2.45. The minimum absolute atomic E-state index is 0.396. The van der Waals surface area contributed by atoms with Crippen molar-refractivity contribution in [2.24, 2.45) is 0 Å². The molecule has 0 spiro atoms. The summed E-state index contributed by atoms with van der Waals surface area (Å²) in [5, 5.41) is 8.69. The molecule has 0 aliphatic rings. The lowest BCUT2D eigenvalue weighted by Gasteiger charge is -2.09. The Labute approximate surface area is 161 Å². The van der Waals surface area contributed by atoms with Crippen LogP contribution in [0.25, 0.3) is 11.5 Å². The number of nitrogens with zero attached hydrogens (tertiary/aromatic N) is 2. The second kappa shape index (κ2) is 8.68. The highest BCUT2D eigenvalue weighted by Crippen LogP contribution is 2.33.